The maximum Gasteiger partial charge on any atom is 0.349 e. The molecule has 2 aliphatic heterocycles. The Kier molecular flexibility index (Phi) is 10.8. The van der Waals surface area contributed by atoms with Crippen LogP contribution in [0.2, 0.25) is 31.0 Å². The van der Waals surface area contributed by atoms with Gasteiger partial charge in [-0.1, -0.05) is 126 Å². The maximum absolute atomic E-state index is 7.55. The molecule has 0 bridgehead atoms. The molecule has 2 aliphatic rings. The molecule has 1 saturated heterocycles. The van der Waals surface area contributed by atoms with Gasteiger partial charge in [0.15, 0.2) is 0 Å². The van der Waals surface area contributed by atoms with Gasteiger partial charge in [0.1, 0.15) is 18.0 Å². The minimum atomic E-state index is -2.74. The SMILES string of the molecule is CCc1ccc(Cc2cc(C3=C[C@@H](O[Si](C(C)C)(C(C)C)C(C)C)[C@@H]4O[Si](C(C)(C)C)(C(C)(C)C)OC[C@H]4O3)sc2Cl)cc1. The number of benzene rings is 1. The fourth-order valence-corrected chi connectivity index (χ4v) is 19.7. The van der Waals surface area contributed by atoms with Gasteiger partial charge in [-0.25, -0.2) is 0 Å². The summed E-state index contributed by atoms with van der Waals surface area (Å²) in [6.45, 7) is 30.4. The molecule has 246 valence electrons. The zero-order chi connectivity index (χ0) is 32.8. The number of aryl methyl sites for hydroxylation is 1. The molecule has 0 aliphatic carbocycles. The van der Waals surface area contributed by atoms with Crippen molar-refractivity contribution < 1.29 is 18.0 Å². The zero-order valence-electron chi connectivity index (χ0n) is 29.5. The topological polar surface area (TPSA) is 36.9 Å². The highest BCUT2D eigenvalue weighted by Crippen LogP contribution is 2.56. The van der Waals surface area contributed by atoms with Gasteiger partial charge < -0.3 is 18.0 Å². The van der Waals surface area contributed by atoms with E-state index in [1.165, 1.54) is 11.1 Å². The van der Waals surface area contributed by atoms with E-state index in [-0.39, 0.29) is 28.4 Å². The molecule has 3 atom stereocenters. The number of halogens is 1. The summed E-state index contributed by atoms with van der Waals surface area (Å²) in [5, 5.41) is -0.252. The van der Waals surface area contributed by atoms with Gasteiger partial charge in [-0.3, -0.25) is 0 Å². The largest absolute Gasteiger partial charge is 0.484 e. The van der Waals surface area contributed by atoms with Crippen LogP contribution in [0.5, 0.6) is 0 Å². The van der Waals surface area contributed by atoms with Gasteiger partial charge in [0.05, 0.1) is 21.9 Å². The molecule has 1 aromatic carbocycles. The summed E-state index contributed by atoms with van der Waals surface area (Å²) in [5.41, 5.74) is 5.09. The predicted octanol–water partition coefficient (Wildman–Crippen LogP) is 11.3. The van der Waals surface area contributed by atoms with Crippen LogP contribution in [0.1, 0.15) is 112 Å². The number of hydrogen-bond donors (Lipinski definition) is 0. The Morgan fingerprint density at radius 1 is 0.932 bits per heavy atom. The molecule has 0 unspecified atom stereocenters. The molecule has 4 nitrogen and oxygen atoms in total. The lowest BCUT2D eigenvalue weighted by molar-refractivity contribution is -0.113. The number of fused-ring (bicyclic) bond motifs is 1. The zero-order valence-corrected chi connectivity index (χ0v) is 33.0. The Bertz CT molecular complexity index is 1270. The summed E-state index contributed by atoms with van der Waals surface area (Å²) in [4.78, 5) is 1.04. The van der Waals surface area contributed by atoms with Crippen molar-refractivity contribution in [3.63, 3.8) is 0 Å². The molecule has 0 radical (unpaired) electrons. The van der Waals surface area contributed by atoms with Crippen molar-refractivity contribution in [1.29, 1.82) is 0 Å². The first-order valence-electron chi connectivity index (χ1n) is 16.6. The fraction of sp³-hybridized carbons (Fsp3) is 0.667. The monoisotopic (exact) mass is 676 g/mol. The molecule has 2 aromatic rings. The van der Waals surface area contributed by atoms with Crippen LogP contribution in [0.3, 0.4) is 0 Å². The van der Waals surface area contributed by atoms with Crippen LogP contribution >= 0.6 is 22.9 Å². The van der Waals surface area contributed by atoms with Crippen molar-refractivity contribution in [2.45, 2.75) is 148 Å². The van der Waals surface area contributed by atoms with Crippen molar-refractivity contribution in [2.24, 2.45) is 0 Å². The van der Waals surface area contributed by atoms with Crippen molar-refractivity contribution in [3.05, 3.63) is 62.3 Å². The van der Waals surface area contributed by atoms with Crippen molar-refractivity contribution in [2.75, 3.05) is 6.61 Å². The average Bonchev–Trinajstić information content (AvgIpc) is 3.29. The lowest BCUT2D eigenvalue weighted by Gasteiger charge is -2.57. The number of thiophene rings is 1. The van der Waals surface area contributed by atoms with E-state index >= 15 is 0 Å². The van der Waals surface area contributed by atoms with Crippen LogP contribution < -0.4 is 0 Å². The molecule has 0 amide bonds. The predicted molar refractivity (Wildman–Crippen MR) is 193 cm³/mol. The summed E-state index contributed by atoms with van der Waals surface area (Å²) >= 11 is 8.47. The second-order valence-corrected chi connectivity index (χ2v) is 27.7. The standard InChI is InChI=1S/C36H57ClO4SSi2/c1-14-26-15-17-27(18-16-26)19-28-20-32(42-34(28)37)29-21-30(40-43(23(2)3,24(4)5)25(6)7)33-31(39-29)22-38-44(41-33,35(8,9)10)36(11,12)13/h15-18,20-21,23-25,30-31,33H,14,19,22H2,1-13H3/t30-,31-,33+/m1/s1. The Morgan fingerprint density at radius 2 is 1.48 bits per heavy atom. The van der Waals surface area contributed by atoms with Crippen molar-refractivity contribution in [3.8, 4) is 0 Å². The minimum Gasteiger partial charge on any atom is -0.484 e. The lowest BCUT2D eigenvalue weighted by Crippen LogP contribution is -2.68. The first-order chi connectivity index (χ1) is 20.4. The van der Waals surface area contributed by atoms with E-state index < -0.39 is 16.9 Å². The molecule has 0 N–H and O–H groups in total. The van der Waals surface area contributed by atoms with Crippen LogP contribution in [0.4, 0.5) is 0 Å². The molecule has 8 heteroatoms. The van der Waals surface area contributed by atoms with Gasteiger partial charge in [-0.2, -0.15) is 0 Å². The summed E-state index contributed by atoms with van der Waals surface area (Å²) < 4.78 is 29.4. The Labute approximate surface area is 279 Å². The molecule has 0 spiro atoms. The number of hydrogen-bond acceptors (Lipinski definition) is 5. The third-order valence-electron chi connectivity index (χ3n) is 9.89. The van der Waals surface area contributed by atoms with Gasteiger partial charge in [0.2, 0.25) is 8.32 Å². The highest BCUT2D eigenvalue weighted by molar-refractivity contribution is 7.17. The average molecular weight is 678 g/mol. The van der Waals surface area contributed by atoms with Crippen molar-refractivity contribution >= 4 is 45.6 Å². The summed E-state index contributed by atoms with van der Waals surface area (Å²) in [7, 11) is -4.99. The molecule has 1 fully saturated rings. The van der Waals surface area contributed by atoms with E-state index in [4.69, 9.17) is 29.6 Å². The van der Waals surface area contributed by atoms with Gasteiger partial charge >= 0.3 is 8.56 Å². The third kappa shape index (κ3) is 6.72. The van der Waals surface area contributed by atoms with E-state index in [1.807, 2.05) is 0 Å². The van der Waals surface area contributed by atoms with E-state index in [1.54, 1.807) is 11.3 Å². The normalized spacial score (nSPS) is 22.8. The maximum atomic E-state index is 7.55. The molecule has 4 rings (SSSR count). The smallest absolute Gasteiger partial charge is 0.349 e. The molecule has 0 saturated carbocycles. The van der Waals surface area contributed by atoms with Crippen LogP contribution in [-0.2, 0) is 30.9 Å². The Morgan fingerprint density at radius 3 is 1.98 bits per heavy atom. The van der Waals surface area contributed by atoms with Crippen LogP contribution in [0.15, 0.2) is 36.4 Å². The Balaban J connectivity index is 1.77. The lowest BCUT2D eigenvalue weighted by atomic mass is 10.0. The van der Waals surface area contributed by atoms with E-state index in [0.29, 0.717) is 23.2 Å². The van der Waals surface area contributed by atoms with Gasteiger partial charge in [0, 0.05) is 10.1 Å². The molecule has 1 aromatic heterocycles. The minimum absolute atomic E-state index is 0.126. The first-order valence-corrected chi connectivity index (χ1v) is 21.8. The van der Waals surface area contributed by atoms with E-state index in [2.05, 4.69) is 126 Å². The second-order valence-electron chi connectivity index (χ2n) is 15.9. The first kappa shape index (κ1) is 35.9. The second kappa shape index (κ2) is 13.3. The van der Waals surface area contributed by atoms with Crippen LogP contribution in [0, 0.1) is 0 Å². The van der Waals surface area contributed by atoms with Gasteiger partial charge in [-0.15, -0.1) is 11.3 Å². The molecule has 44 heavy (non-hydrogen) atoms. The highest BCUT2D eigenvalue weighted by atomic mass is 35.5. The molecule has 3 heterocycles. The summed E-state index contributed by atoms with van der Waals surface area (Å²) in [6.07, 6.45) is 3.34. The quantitative estimate of drug-likeness (QED) is 0.248. The third-order valence-corrected chi connectivity index (χ3v) is 22.6. The van der Waals surface area contributed by atoms with Gasteiger partial charge in [0.25, 0.3) is 0 Å². The van der Waals surface area contributed by atoms with E-state index in [0.717, 1.165) is 33.4 Å². The highest BCUT2D eigenvalue weighted by Gasteiger charge is 2.64. The fourth-order valence-electron chi connectivity index (χ4n) is 7.98. The summed E-state index contributed by atoms with van der Waals surface area (Å²) in [5.74, 6) is 0.836. The van der Waals surface area contributed by atoms with Gasteiger partial charge in [-0.05, 0) is 58.3 Å². The van der Waals surface area contributed by atoms with Crippen LogP contribution in [-0.4, -0.2) is 41.8 Å². The molecular weight excluding hydrogens is 620 g/mol. The Hall–Kier alpha value is -0.936. The molecular formula is C36H57ClO4SSi2. The van der Waals surface area contributed by atoms with E-state index in [9.17, 15) is 0 Å². The van der Waals surface area contributed by atoms with Crippen molar-refractivity contribution in [1.82, 2.24) is 0 Å². The van der Waals surface area contributed by atoms with Crippen LogP contribution in [0.25, 0.3) is 5.76 Å². The number of rotatable bonds is 9. The summed E-state index contributed by atoms with van der Waals surface area (Å²) in [6, 6.07) is 11.0. The number of ether oxygens (including phenoxy) is 1.